The minimum absolute atomic E-state index is 0.272. The average molecular weight is 407 g/mol. The zero-order chi connectivity index (χ0) is 19.2. The molecule has 0 spiro atoms. The van der Waals surface area contributed by atoms with Gasteiger partial charge in [0.15, 0.2) is 6.61 Å². The second kappa shape index (κ2) is 8.70. The van der Waals surface area contributed by atoms with Gasteiger partial charge in [-0.05, 0) is 42.5 Å². The maximum atomic E-state index is 13.2. The third-order valence-electron chi connectivity index (χ3n) is 3.37. The van der Waals surface area contributed by atoms with Gasteiger partial charge in [-0.3, -0.25) is 4.79 Å². The Hall–Kier alpha value is -2.83. The van der Waals surface area contributed by atoms with Gasteiger partial charge in [-0.2, -0.15) is 5.10 Å². The molecule has 0 saturated heterocycles. The first-order valence-corrected chi connectivity index (χ1v) is 8.52. The first-order chi connectivity index (χ1) is 13.0. The van der Waals surface area contributed by atoms with Crippen LogP contribution in [0.3, 0.4) is 0 Å². The Morgan fingerprint density at radius 1 is 1.19 bits per heavy atom. The number of ether oxygens (including phenoxy) is 1. The number of nitrogens with one attached hydrogen (secondary N) is 1. The van der Waals surface area contributed by atoms with Gasteiger partial charge in [0.25, 0.3) is 5.91 Å². The van der Waals surface area contributed by atoms with Crippen LogP contribution in [0.4, 0.5) is 4.39 Å². The van der Waals surface area contributed by atoms with Crippen molar-refractivity contribution in [3.63, 3.8) is 0 Å². The first-order valence-electron chi connectivity index (χ1n) is 7.77. The van der Waals surface area contributed by atoms with Crippen molar-refractivity contribution in [2.45, 2.75) is 0 Å². The highest BCUT2D eigenvalue weighted by atomic mass is 35.5. The number of amides is 1. The largest absolute Gasteiger partial charge is 0.482 e. The zero-order valence-electron chi connectivity index (χ0n) is 13.8. The lowest BCUT2D eigenvalue weighted by Gasteiger charge is -2.06. The number of hydrazone groups is 1. The molecule has 0 saturated carbocycles. The van der Waals surface area contributed by atoms with Crippen LogP contribution >= 0.6 is 23.2 Å². The van der Waals surface area contributed by atoms with Crippen LogP contribution in [0.15, 0.2) is 64.1 Å². The molecule has 1 N–H and O–H groups in total. The number of carbonyl (C=O) groups is 1. The van der Waals surface area contributed by atoms with E-state index >= 15 is 0 Å². The van der Waals surface area contributed by atoms with Crippen LogP contribution in [0, 0.1) is 5.82 Å². The van der Waals surface area contributed by atoms with E-state index in [4.69, 9.17) is 32.4 Å². The Balaban J connectivity index is 1.52. The molecule has 1 amide bonds. The molecule has 1 aromatic heterocycles. The topological polar surface area (TPSA) is 63.8 Å². The van der Waals surface area contributed by atoms with E-state index < -0.39 is 5.91 Å². The molecule has 138 valence electrons. The minimum atomic E-state index is -0.478. The molecule has 0 fully saturated rings. The van der Waals surface area contributed by atoms with E-state index in [1.165, 1.54) is 24.4 Å². The van der Waals surface area contributed by atoms with Gasteiger partial charge in [0.05, 0.1) is 11.2 Å². The highest BCUT2D eigenvalue weighted by Crippen LogP contribution is 2.27. The molecule has 8 heteroatoms. The second-order valence-corrected chi connectivity index (χ2v) is 6.21. The Bertz CT molecular complexity index is 989. The van der Waals surface area contributed by atoms with Crippen molar-refractivity contribution >= 4 is 35.3 Å². The second-order valence-electron chi connectivity index (χ2n) is 5.37. The lowest BCUT2D eigenvalue weighted by atomic mass is 10.2. The molecule has 0 atom stereocenters. The Labute approximate surface area is 164 Å². The summed E-state index contributed by atoms with van der Waals surface area (Å²) in [6, 6.07) is 14.1. The van der Waals surface area contributed by atoms with Crippen LogP contribution in [-0.4, -0.2) is 18.7 Å². The summed E-state index contributed by atoms with van der Waals surface area (Å²) >= 11 is 11.7. The molecule has 0 aliphatic rings. The van der Waals surface area contributed by atoms with Crippen molar-refractivity contribution in [1.29, 1.82) is 0 Å². The Kier molecular flexibility index (Phi) is 6.11. The molecule has 0 unspecified atom stereocenters. The summed E-state index contributed by atoms with van der Waals surface area (Å²) < 4.78 is 24.1. The quantitative estimate of drug-likeness (QED) is 0.466. The summed E-state index contributed by atoms with van der Waals surface area (Å²) in [5, 5.41) is 4.56. The van der Waals surface area contributed by atoms with Crippen molar-refractivity contribution in [1.82, 2.24) is 5.43 Å². The van der Waals surface area contributed by atoms with E-state index in [0.717, 1.165) is 0 Å². The van der Waals surface area contributed by atoms with Gasteiger partial charge in [-0.1, -0.05) is 35.3 Å². The standard InChI is InChI=1S/C19H13Cl2FN2O3/c20-13-4-6-18(16(21)9-13)26-11-19(25)24-23-10-15-5-7-17(27-15)12-2-1-3-14(22)8-12/h1-10H,11H2,(H,24,25)/b23-10+. The van der Waals surface area contributed by atoms with Gasteiger partial charge in [-0.15, -0.1) is 0 Å². The molecular weight excluding hydrogens is 394 g/mol. The van der Waals surface area contributed by atoms with Gasteiger partial charge in [0.1, 0.15) is 23.1 Å². The lowest BCUT2D eigenvalue weighted by molar-refractivity contribution is -0.123. The molecule has 0 bridgehead atoms. The van der Waals surface area contributed by atoms with E-state index in [9.17, 15) is 9.18 Å². The third-order valence-corrected chi connectivity index (χ3v) is 3.90. The SMILES string of the molecule is O=C(COc1ccc(Cl)cc1Cl)N/N=C/c1ccc(-c2cccc(F)c2)o1. The van der Waals surface area contributed by atoms with Gasteiger partial charge in [0.2, 0.25) is 0 Å². The van der Waals surface area contributed by atoms with Crippen LogP contribution in [0.1, 0.15) is 5.76 Å². The van der Waals surface area contributed by atoms with Crippen molar-refractivity contribution in [2.24, 2.45) is 5.10 Å². The highest BCUT2D eigenvalue weighted by Gasteiger charge is 2.07. The lowest BCUT2D eigenvalue weighted by Crippen LogP contribution is -2.24. The molecule has 27 heavy (non-hydrogen) atoms. The molecule has 0 aliphatic heterocycles. The summed E-state index contributed by atoms with van der Waals surface area (Å²) in [6.07, 6.45) is 1.33. The van der Waals surface area contributed by atoms with Gasteiger partial charge in [-0.25, -0.2) is 9.82 Å². The maximum Gasteiger partial charge on any atom is 0.277 e. The summed E-state index contributed by atoms with van der Waals surface area (Å²) in [5.41, 5.74) is 2.91. The third kappa shape index (κ3) is 5.32. The number of furan rings is 1. The molecule has 3 rings (SSSR count). The Morgan fingerprint density at radius 2 is 2.04 bits per heavy atom. The number of benzene rings is 2. The fourth-order valence-electron chi connectivity index (χ4n) is 2.15. The summed E-state index contributed by atoms with van der Waals surface area (Å²) in [4.78, 5) is 11.8. The number of rotatable bonds is 6. The monoisotopic (exact) mass is 406 g/mol. The van der Waals surface area contributed by atoms with Crippen molar-refractivity contribution in [2.75, 3.05) is 6.61 Å². The number of halogens is 3. The van der Waals surface area contributed by atoms with Crippen LogP contribution < -0.4 is 10.2 Å². The summed E-state index contributed by atoms with van der Waals surface area (Å²) in [5.74, 6) is 0.395. The molecule has 2 aromatic carbocycles. The first kappa shape index (κ1) is 18.9. The predicted molar refractivity (Wildman–Crippen MR) is 102 cm³/mol. The summed E-state index contributed by atoms with van der Waals surface area (Å²) in [7, 11) is 0. The van der Waals surface area contributed by atoms with Crippen LogP contribution in [0.2, 0.25) is 10.0 Å². The fourth-order valence-corrected chi connectivity index (χ4v) is 2.62. The maximum absolute atomic E-state index is 13.2. The molecular formula is C19H13Cl2FN2O3. The van der Waals surface area contributed by atoms with E-state index in [-0.39, 0.29) is 12.4 Å². The predicted octanol–water partition coefficient (Wildman–Crippen LogP) is 4.92. The number of nitrogens with zero attached hydrogens (tertiary/aromatic N) is 1. The van der Waals surface area contributed by atoms with Crippen molar-refractivity contribution in [3.8, 4) is 17.1 Å². The van der Waals surface area contributed by atoms with Crippen LogP contribution in [0.5, 0.6) is 5.75 Å². The van der Waals surface area contributed by atoms with E-state index in [2.05, 4.69) is 10.5 Å². The Morgan fingerprint density at radius 3 is 2.81 bits per heavy atom. The number of hydrogen-bond acceptors (Lipinski definition) is 4. The van der Waals surface area contributed by atoms with E-state index in [1.807, 2.05) is 0 Å². The molecule has 1 heterocycles. The fraction of sp³-hybridized carbons (Fsp3) is 0.0526. The number of carbonyl (C=O) groups excluding carboxylic acids is 1. The molecule has 3 aromatic rings. The van der Waals surface area contributed by atoms with Crippen LogP contribution in [-0.2, 0) is 4.79 Å². The smallest absolute Gasteiger partial charge is 0.277 e. The van der Waals surface area contributed by atoms with Crippen LogP contribution in [0.25, 0.3) is 11.3 Å². The molecule has 0 aliphatic carbocycles. The minimum Gasteiger partial charge on any atom is -0.482 e. The molecule has 0 radical (unpaired) electrons. The van der Waals surface area contributed by atoms with Gasteiger partial charge in [0, 0.05) is 10.6 Å². The number of hydrogen-bond donors (Lipinski definition) is 1. The van der Waals surface area contributed by atoms with E-state index in [1.54, 1.807) is 36.4 Å². The van der Waals surface area contributed by atoms with Gasteiger partial charge >= 0.3 is 0 Å². The zero-order valence-corrected chi connectivity index (χ0v) is 15.3. The van der Waals surface area contributed by atoms with Crippen molar-refractivity contribution in [3.05, 3.63) is 76.2 Å². The highest BCUT2D eigenvalue weighted by molar-refractivity contribution is 6.35. The summed E-state index contributed by atoms with van der Waals surface area (Å²) in [6.45, 7) is -0.272. The normalized spacial score (nSPS) is 10.9. The van der Waals surface area contributed by atoms with Gasteiger partial charge < -0.3 is 9.15 Å². The van der Waals surface area contributed by atoms with Crippen molar-refractivity contribution < 1.29 is 18.3 Å². The van der Waals surface area contributed by atoms with E-state index in [0.29, 0.717) is 32.9 Å². The molecule has 5 nitrogen and oxygen atoms in total. The average Bonchev–Trinajstić information content (AvgIpc) is 3.10.